The van der Waals surface area contributed by atoms with E-state index in [0.717, 1.165) is 17.0 Å². The minimum Gasteiger partial charge on any atom is -0.325 e. The molecule has 2 rings (SSSR count). The molecule has 3 nitrogen and oxygen atoms in total. The lowest BCUT2D eigenvalue weighted by atomic mass is 10.2. The van der Waals surface area contributed by atoms with Gasteiger partial charge in [-0.05, 0) is 48.6 Å². The van der Waals surface area contributed by atoms with Crippen LogP contribution in [0.4, 0.5) is 10.1 Å². The highest BCUT2D eigenvalue weighted by Gasteiger charge is 2.14. The first-order valence-electron chi connectivity index (χ1n) is 6.86. The molecule has 0 aliphatic carbocycles. The summed E-state index contributed by atoms with van der Waals surface area (Å²) < 4.78 is 13.7. The van der Waals surface area contributed by atoms with E-state index in [9.17, 15) is 9.18 Å². The lowest BCUT2D eigenvalue weighted by Crippen LogP contribution is -3.08. The zero-order chi connectivity index (χ0) is 15.4. The number of hydrogen-bond donors (Lipinski definition) is 2. The standard InChI is InChI=1S/C16H19FN2OS/c1-11-4-5-14(13(17)8-11)18-16(20)10-19(3)9-15-12(2)6-7-21-15/h4-8H,9-10H2,1-3H3,(H,18,20)/p+1. The number of quaternary nitrogens is 1. The van der Waals surface area contributed by atoms with Crippen molar-refractivity contribution < 1.29 is 14.1 Å². The van der Waals surface area contributed by atoms with Crippen LogP contribution in [0.3, 0.4) is 0 Å². The van der Waals surface area contributed by atoms with Crippen LogP contribution in [0, 0.1) is 19.7 Å². The SMILES string of the molecule is Cc1ccc(NC(=O)C[NH+](C)Cc2sccc2C)c(F)c1. The molecular formula is C16H20FN2OS+. The Morgan fingerprint density at radius 1 is 1.33 bits per heavy atom. The van der Waals surface area contributed by atoms with Crippen LogP contribution < -0.4 is 10.2 Å². The fourth-order valence-corrected chi connectivity index (χ4v) is 3.13. The summed E-state index contributed by atoms with van der Waals surface area (Å²) in [5.74, 6) is -0.570. The van der Waals surface area contributed by atoms with Crippen LogP contribution >= 0.6 is 11.3 Å². The van der Waals surface area contributed by atoms with E-state index in [1.54, 1.807) is 23.5 Å². The number of amides is 1. The Balaban J connectivity index is 1.90. The van der Waals surface area contributed by atoms with E-state index in [0.29, 0.717) is 6.54 Å². The van der Waals surface area contributed by atoms with E-state index in [-0.39, 0.29) is 11.6 Å². The second-order valence-electron chi connectivity index (χ2n) is 5.37. The van der Waals surface area contributed by atoms with E-state index in [1.165, 1.54) is 16.5 Å². The number of rotatable bonds is 5. The zero-order valence-corrected chi connectivity index (χ0v) is 13.3. The zero-order valence-electron chi connectivity index (χ0n) is 12.5. The van der Waals surface area contributed by atoms with E-state index >= 15 is 0 Å². The monoisotopic (exact) mass is 307 g/mol. The van der Waals surface area contributed by atoms with Gasteiger partial charge in [0.2, 0.25) is 0 Å². The molecule has 0 spiro atoms. The minimum atomic E-state index is -0.393. The molecule has 0 saturated heterocycles. The van der Waals surface area contributed by atoms with Crippen LogP contribution in [0.25, 0.3) is 0 Å². The topological polar surface area (TPSA) is 33.5 Å². The molecule has 2 N–H and O–H groups in total. The summed E-state index contributed by atoms with van der Waals surface area (Å²) in [4.78, 5) is 14.3. The number of halogens is 1. The molecule has 1 unspecified atom stereocenters. The van der Waals surface area contributed by atoms with Gasteiger partial charge in [-0.3, -0.25) is 4.79 Å². The predicted molar refractivity (Wildman–Crippen MR) is 84.3 cm³/mol. The fraction of sp³-hybridized carbons (Fsp3) is 0.312. The summed E-state index contributed by atoms with van der Waals surface area (Å²) >= 11 is 1.70. The molecule has 0 radical (unpaired) electrons. The van der Waals surface area contributed by atoms with Gasteiger partial charge in [0.25, 0.3) is 5.91 Å². The van der Waals surface area contributed by atoms with Gasteiger partial charge < -0.3 is 10.2 Å². The Labute approximate surface area is 128 Å². The van der Waals surface area contributed by atoms with Crippen molar-refractivity contribution in [2.75, 3.05) is 18.9 Å². The average Bonchev–Trinajstić information content (AvgIpc) is 2.78. The molecular weight excluding hydrogens is 287 g/mol. The summed E-state index contributed by atoms with van der Waals surface area (Å²) in [5, 5.41) is 4.69. The Bertz CT molecular complexity index is 639. The summed E-state index contributed by atoms with van der Waals surface area (Å²) in [6.45, 7) is 4.99. The lowest BCUT2D eigenvalue weighted by molar-refractivity contribution is -0.884. The lowest BCUT2D eigenvalue weighted by Gasteiger charge is -2.14. The summed E-state index contributed by atoms with van der Waals surface area (Å²) in [6, 6.07) is 6.88. The maximum absolute atomic E-state index is 13.7. The van der Waals surface area contributed by atoms with Crippen LogP contribution in [0.1, 0.15) is 16.0 Å². The Kier molecular flexibility index (Phi) is 5.09. The average molecular weight is 307 g/mol. The van der Waals surface area contributed by atoms with E-state index < -0.39 is 5.82 Å². The number of carbonyl (C=O) groups excluding carboxylic acids is 1. The smallest absolute Gasteiger partial charge is 0.279 e. The maximum Gasteiger partial charge on any atom is 0.279 e. The van der Waals surface area contributed by atoms with Crippen molar-refractivity contribution >= 4 is 22.9 Å². The Morgan fingerprint density at radius 3 is 2.71 bits per heavy atom. The number of anilines is 1. The van der Waals surface area contributed by atoms with Crippen LogP contribution in [-0.2, 0) is 11.3 Å². The van der Waals surface area contributed by atoms with Crippen LogP contribution in [0.15, 0.2) is 29.6 Å². The minimum absolute atomic E-state index is 0.176. The van der Waals surface area contributed by atoms with Gasteiger partial charge in [-0.1, -0.05) is 6.07 Å². The Morgan fingerprint density at radius 2 is 2.10 bits per heavy atom. The first-order valence-corrected chi connectivity index (χ1v) is 7.74. The van der Waals surface area contributed by atoms with Crippen molar-refractivity contribution in [2.24, 2.45) is 0 Å². The van der Waals surface area contributed by atoms with Crippen LogP contribution in [0.5, 0.6) is 0 Å². The van der Waals surface area contributed by atoms with Gasteiger partial charge >= 0.3 is 0 Å². The molecule has 1 atom stereocenters. The van der Waals surface area contributed by atoms with Crippen molar-refractivity contribution in [2.45, 2.75) is 20.4 Å². The van der Waals surface area contributed by atoms with Gasteiger partial charge in [0.1, 0.15) is 12.4 Å². The number of hydrogen-bond acceptors (Lipinski definition) is 2. The normalized spacial score (nSPS) is 12.2. The van der Waals surface area contributed by atoms with Crippen LogP contribution in [0.2, 0.25) is 0 Å². The second-order valence-corrected chi connectivity index (χ2v) is 6.37. The third-order valence-electron chi connectivity index (χ3n) is 3.29. The van der Waals surface area contributed by atoms with Gasteiger partial charge in [0.05, 0.1) is 17.6 Å². The van der Waals surface area contributed by atoms with E-state index in [4.69, 9.17) is 0 Å². The quantitative estimate of drug-likeness (QED) is 0.872. The van der Waals surface area contributed by atoms with Gasteiger partial charge in [-0.2, -0.15) is 0 Å². The largest absolute Gasteiger partial charge is 0.325 e. The highest BCUT2D eigenvalue weighted by molar-refractivity contribution is 7.10. The van der Waals surface area contributed by atoms with Gasteiger partial charge in [-0.15, -0.1) is 11.3 Å². The highest BCUT2D eigenvalue weighted by Crippen LogP contribution is 2.15. The fourth-order valence-electron chi connectivity index (χ4n) is 2.11. The molecule has 0 saturated carbocycles. The molecule has 0 aliphatic heterocycles. The van der Waals surface area contributed by atoms with E-state index in [1.807, 2.05) is 14.0 Å². The molecule has 0 fully saturated rings. The van der Waals surface area contributed by atoms with Crippen molar-refractivity contribution in [1.82, 2.24) is 0 Å². The molecule has 1 aromatic heterocycles. The van der Waals surface area contributed by atoms with Crippen molar-refractivity contribution in [3.8, 4) is 0 Å². The Hall–Kier alpha value is -1.72. The van der Waals surface area contributed by atoms with Gasteiger partial charge in [-0.25, -0.2) is 4.39 Å². The number of carbonyl (C=O) groups is 1. The van der Waals surface area contributed by atoms with Crippen LogP contribution in [-0.4, -0.2) is 19.5 Å². The second kappa shape index (κ2) is 6.83. The first kappa shape index (κ1) is 15.7. The number of benzene rings is 1. The molecule has 1 heterocycles. The van der Waals surface area contributed by atoms with Crippen molar-refractivity contribution in [3.05, 3.63) is 51.5 Å². The van der Waals surface area contributed by atoms with Gasteiger partial charge in [0, 0.05) is 0 Å². The third-order valence-corrected chi connectivity index (χ3v) is 4.31. The number of nitrogens with one attached hydrogen (secondary N) is 2. The summed E-state index contributed by atoms with van der Waals surface area (Å²) in [7, 11) is 1.96. The summed E-state index contributed by atoms with van der Waals surface area (Å²) in [6.07, 6.45) is 0. The summed E-state index contributed by atoms with van der Waals surface area (Å²) in [5.41, 5.74) is 2.33. The molecule has 21 heavy (non-hydrogen) atoms. The van der Waals surface area contributed by atoms with Crippen molar-refractivity contribution in [1.29, 1.82) is 0 Å². The number of thiophene rings is 1. The number of likely N-dealkylation sites (N-methyl/N-ethyl adjacent to an activating group) is 1. The molecule has 5 heteroatoms. The number of aryl methyl sites for hydroxylation is 2. The third kappa shape index (κ3) is 4.37. The maximum atomic E-state index is 13.7. The molecule has 1 aromatic carbocycles. The molecule has 0 bridgehead atoms. The van der Waals surface area contributed by atoms with E-state index in [2.05, 4.69) is 23.7 Å². The predicted octanol–water partition coefficient (Wildman–Crippen LogP) is 2.16. The molecule has 1 amide bonds. The molecule has 0 aliphatic rings. The first-order chi connectivity index (χ1) is 9.95. The molecule has 2 aromatic rings. The van der Waals surface area contributed by atoms with Crippen molar-refractivity contribution in [3.63, 3.8) is 0 Å². The molecule has 112 valence electrons. The highest BCUT2D eigenvalue weighted by atomic mass is 32.1. The van der Waals surface area contributed by atoms with Gasteiger partial charge in [0.15, 0.2) is 6.54 Å².